The molecule has 0 radical (unpaired) electrons. The number of aliphatic carboxylic acids is 1. The maximum atomic E-state index is 13.1. The summed E-state index contributed by atoms with van der Waals surface area (Å²) in [5, 5.41) is 13.1. The molecule has 2 N–H and O–H groups in total. The zero-order valence-corrected chi connectivity index (χ0v) is 21.1. The molecule has 2 aromatic rings. The molecule has 0 bridgehead atoms. The molecule has 4 amide bonds. The van der Waals surface area contributed by atoms with Gasteiger partial charge in [0.2, 0.25) is 5.91 Å². The molecule has 200 valence electrons. The molecular formula is C28H32N4O6. The zero-order chi connectivity index (χ0) is 26.6. The Morgan fingerprint density at radius 2 is 1.55 bits per heavy atom. The number of carboxylic acids is 1. The van der Waals surface area contributed by atoms with E-state index in [2.05, 4.69) is 5.32 Å². The van der Waals surface area contributed by atoms with Gasteiger partial charge < -0.3 is 25.0 Å². The van der Waals surface area contributed by atoms with E-state index in [0.29, 0.717) is 23.5 Å². The fourth-order valence-corrected chi connectivity index (χ4v) is 5.50. The molecule has 0 aliphatic carbocycles. The molecule has 0 aromatic heterocycles. The number of carbonyl (C=O) groups is 4. The van der Waals surface area contributed by atoms with E-state index in [1.165, 1.54) is 4.90 Å². The molecule has 3 aliphatic heterocycles. The van der Waals surface area contributed by atoms with Gasteiger partial charge in [0.25, 0.3) is 5.91 Å². The summed E-state index contributed by atoms with van der Waals surface area (Å²) in [6.07, 6.45) is 2.30. The summed E-state index contributed by atoms with van der Waals surface area (Å²) in [4.78, 5) is 55.1. The Morgan fingerprint density at radius 1 is 0.895 bits per heavy atom. The van der Waals surface area contributed by atoms with Gasteiger partial charge in [-0.05, 0) is 68.6 Å². The number of nitrogens with one attached hydrogen (secondary N) is 1. The van der Waals surface area contributed by atoms with Gasteiger partial charge in [0.15, 0.2) is 6.04 Å². The summed E-state index contributed by atoms with van der Waals surface area (Å²) >= 11 is 0. The lowest BCUT2D eigenvalue weighted by Crippen LogP contribution is -2.69. The van der Waals surface area contributed by atoms with E-state index in [1.807, 2.05) is 30.3 Å². The number of benzene rings is 2. The summed E-state index contributed by atoms with van der Waals surface area (Å²) in [7, 11) is 0. The summed E-state index contributed by atoms with van der Waals surface area (Å²) < 4.78 is 5.83. The number of piperazine rings is 1. The van der Waals surface area contributed by atoms with E-state index in [9.17, 15) is 24.3 Å². The molecule has 10 nitrogen and oxygen atoms in total. The van der Waals surface area contributed by atoms with Crippen LogP contribution in [0.5, 0.6) is 11.5 Å². The maximum absolute atomic E-state index is 13.1. The van der Waals surface area contributed by atoms with E-state index in [0.717, 1.165) is 30.8 Å². The number of carbonyl (C=O) groups excluding carboxylic acids is 3. The fourth-order valence-electron chi connectivity index (χ4n) is 5.50. The number of urea groups is 1. The molecule has 0 saturated carbocycles. The Kier molecular flexibility index (Phi) is 7.59. The molecule has 3 aliphatic rings. The minimum atomic E-state index is -1.15. The third-order valence-electron chi connectivity index (χ3n) is 7.62. The number of piperidine rings is 1. The number of hydrogen-bond acceptors (Lipinski definition) is 6. The van der Waals surface area contributed by atoms with Crippen molar-refractivity contribution in [2.24, 2.45) is 11.8 Å². The van der Waals surface area contributed by atoms with Crippen molar-refractivity contribution in [1.29, 1.82) is 0 Å². The minimum Gasteiger partial charge on any atom is -0.480 e. The highest BCUT2D eigenvalue weighted by Gasteiger charge is 2.56. The van der Waals surface area contributed by atoms with Gasteiger partial charge in [-0.25, -0.2) is 14.5 Å². The number of β-lactam (4-membered cyclic amide) rings is 1. The predicted molar refractivity (Wildman–Crippen MR) is 138 cm³/mol. The van der Waals surface area contributed by atoms with Gasteiger partial charge >= 0.3 is 12.0 Å². The lowest BCUT2D eigenvalue weighted by atomic mass is 9.78. The zero-order valence-electron chi connectivity index (χ0n) is 21.1. The van der Waals surface area contributed by atoms with Crippen LogP contribution in [0.3, 0.4) is 0 Å². The van der Waals surface area contributed by atoms with Crippen LogP contribution in [-0.2, 0) is 9.59 Å². The number of likely N-dealkylation sites (tertiary alicyclic amines) is 1. The second-order valence-electron chi connectivity index (χ2n) is 10.0. The Balaban J connectivity index is 1.17. The fraction of sp³-hybridized carbons (Fsp3) is 0.429. The van der Waals surface area contributed by atoms with Crippen LogP contribution in [0.25, 0.3) is 0 Å². The number of ether oxygens (including phenoxy) is 1. The molecular weight excluding hydrogens is 488 g/mol. The largest absolute Gasteiger partial charge is 0.480 e. The first kappa shape index (κ1) is 25.7. The number of para-hydroxylation sites is 1. The number of rotatable bonds is 6. The SMILES string of the molecule is O=C(O)[C@@H]1[C@@H](CC2CCNCC2)C(=O)N1C(=O)N1CCN(C(=O)c2cccc(Oc3ccccc3)c2)CC1. The van der Waals surface area contributed by atoms with Crippen LogP contribution in [0, 0.1) is 11.8 Å². The first-order valence-electron chi connectivity index (χ1n) is 13.1. The van der Waals surface area contributed by atoms with E-state index in [-0.39, 0.29) is 38.0 Å². The van der Waals surface area contributed by atoms with Crippen molar-refractivity contribution in [1.82, 2.24) is 20.0 Å². The van der Waals surface area contributed by atoms with Crippen molar-refractivity contribution in [3.8, 4) is 11.5 Å². The molecule has 0 unspecified atom stereocenters. The van der Waals surface area contributed by atoms with Crippen LogP contribution < -0.4 is 10.1 Å². The molecule has 5 rings (SSSR count). The first-order valence-corrected chi connectivity index (χ1v) is 13.1. The summed E-state index contributed by atoms with van der Waals surface area (Å²) in [5.74, 6) is -0.893. The number of carboxylic acid groups (broad SMARTS) is 1. The Labute approximate surface area is 221 Å². The van der Waals surface area contributed by atoms with Crippen molar-refractivity contribution in [2.45, 2.75) is 25.3 Å². The molecule has 2 aromatic carbocycles. The monoisotopic (exact) mass is 520 g/mol. The third-order valence-corrected chi connectivity index (χ3v) is 7.62. The van der Waals surface area contributed by atoms with Crippen LogP contribution in [-0.4, -0.2) is 88.9 Å². The minimum absolute atomic E-state index is 0.180. The van der Waals surface area contributed by atoms with Crippen LogP contribution in [0.1, 0.15) is 29.6 Å². The Bertz CT molecular complexity index is 1190. The smallest absolute Gasteiger partial charge is 0.327 e. The van der Waals surface area contributed by atoms with Gasteiger partial charge in [-0.3, -0.25) is 9.59 Å². The summed E-state index contributed by atoms with van der Waals surface area (Å²) in [6, 6.07) is 14.5. The highest BCUT2D eigenvalue weighted by molar-refractivity contribution is 6.07. The van der Waals surface area contributed by atoms with Crippen LogP contribution >= 0.6 is 0 Å². The summed E-state index contributed by atoms with van der Waals surface area (Å²) in [6.45, 7) is 2.73. The highest BCUT2D eigenvalue weighted by atomic mass is 16.5. The highest BCUT2D eigenvalue weighted by Crippen LogP contribution is 2.36. The lowest BCUT2D eigenvalue weighted by Gasteiger charge is -2.47. The first-order chi connectivity index (χ1) is 18.4. The van der Waals surface area contributed by atoms with Gasteiger partial charge in [0, 0.05) is 31.7 Å². The molecule has 2 atom stereocenters. The molecule has 0 spiro atoms. The Hall–Kier alpha value is -3.92. The van der Waals surface area contributed by atoms with Gasteiger partial charge in [0.1, 0.15) is 11.5 Å². The second kappa shape index (κ2) is 11.2. The number of hydrogen-bond donors (Lipinski definition) is 2. The molecule has 3 saturated heterocycles. The van der Waals surface area contributed by atoms with Gasteiger partial charge in [0.05, 0.1) is 5.92 Å². The lowest BCUT2D eigenvalue weighted by molar-refractivity contribution is -0.167. The van der Waals surface area contributed by atoms with Crippen LogP contribution in [0.4, 0.5) is 4.79 Å². The average molecular weight is 521 g/mol. The number of imide groups is 1. The van der Waals surface area contributed by atoms with Crippen molar-refractivity contribution < 1.29 is 29.0 Å². The molecule has 3 heterocycles. The van der Waals surface area contributed by atoms with Crippen molar-refractivity contribution in [3.05, 3.63) is 60.2 Å². The molecule has 10 heteroatoms. The van der Waals surface area contributed by atoms with Crippen molar-refractivity contribution >= 4 is 23.8 Å². The van der Waals surface area contributed by atoms with Crippen LogP contribution in [0.2, 0.25) is 0 Å². The number of amides is 4. The molecule has 3 fully saturated rings. The van der Waals surface area contributed by atoms with Gasteiger partial charge in [-0.1, -0.05) is 24.3 Å². The van der Waals surface area contributed by atoms with Gasteiger partial charge in [-0.2, -0.15) is 0 Å². The normalized spacial score (nSPS) is 22.1. The quantitative estimate of drug-likeness (QED) is 0.562. The third kappa shape index (κ3) is 5.35. The predicted octanol–water partition coefficient (Wildman–Crippen LogP) is 2.66. The topological polar surface area (TPSA) is 119 Å². The average Bonchev–Trinajstić information content (AvgIpc) is 2.95. The number of nitrogens with zero attached hydrogens (tertiary/aromatic N) is 3. The Morgan fingerprint density at radius 3 is 2.24 bits per heavy atom. The maximum Gasteiger partial charge on any atom is 0.327 e. The van der Waals surface area contributed by atoms with Crippen LogP contribution in [0.15, 0.2) is 54.6 Å². The van der Waals surface area contributed by atoms with E-state index in [1.54, 1.807) is 29.2 Å². The van der Waals surface area contributed by atoms with E-state index >= 15 is 0 Å². The van der Waals surface area contributed by atoms with Gasteiger partial charge in [-0.15, -0.1) is 0 Å². The van der Waals surface area contributed by atoms with E-state index < -0.39 is 29.9 Å². The van der Waals surface area contributed by atoms with Crippen molar-refractivity contribution in [3.63, 3.8) is 0 Å². The van der Waals surface area contributed by atoms with E-state index in [4.69, 9.17) is 4.74 Å². The second-order valence-corrected chi connectivity index (χ2v) is 10.0. The standard InChI is InChI=1S/C28H32N4O6/c33-25(20-5-4-8-22(18-20)38-21-6-2-1-3-7-21)30-13-15-31(16-14-30)28(37)32-24(27(35)36)23(26(32)34)17-19-9-11-29-12-10-19/h1-8,18-19,23-24,29H,9-17H2,(H,35,36)/t23-,24+/m1/s1. The summed E-state index contributed by atoms with van der Waals surface area (Å²) in [5.41, 5.74) is 0.475. The van der Waals surface area contributed by atoms with Crippen molar-refractivity contribution in [2.75, 3.05) is 39.3 Å². The molecule has 38 heavy (non-hydrogen) atoms.